The molecular weight excluding hydrogens is 271 g/mol. The van der Waals surface area contributed by atoms with Crippen molar-refractivity contribution in [2.75, 3.05) is 5.73 Å². The Hall–Kier alpha value is -0.930. The molecule has 0 spiro atoms. The maximum absolute atomic E-state index is 12.1. The summed E-state index contributed by atoms with van der Waals surface area (Å²) in [6.45, 7) is 6.04. The molecule has 0 aliphatic heterocycles. The summed E-state index contributed by atoms with van der Waals surface area (Å²) in [6.07, 6.45) is 1.89. The summed E-state index contributed by atoms with van der Waals surface area (Å²) in [4.78, 5) is 12.1. The van der Waals surface area contributed by atoms with Crippen LogP contribution in [0.3, 0.4) is 0 Å². The number of hydrogen-bond acceptors (Lipinski definition) is 2. The molecule has 1 aromatic rings. The average Bonchev–Trinajstić information content (AvgIpc) is 2.24. The van der Waals surface area contributed by atoms with Crippen molar-refractivity contribution in [3.63, 3.8) is 0 Å². The van der Waals surface area contributed by atoms with Gasteiger partial charge in [0.25, 0.3) is 5.91 Å². The molecule has 0 radical (unpaired) electrons. The molecule has 18 heavy (non-hydrogen) atoms. The third-order valence-corrected chi connectivity index (χ3v) is 3.29. The van der Waals surface area contributed by atoms with Gasteiger partial charge in [-0.3, -0.25) is 4.79 Å². The second-order valence-corrected chi connectivity index (χ2v) is 5.76. The van der Waals surface area contributed by atoms with Gasteiger partial charge in [-0.1, -0.05) is 36.5 Å². The number of nitrogens with two attached hydrogens (primary N) is 1. The molecule has 0 bridgehead atoms. The highest BCUT2D eigenvalue weighted by atomic mass is 35.5. The number of nitrogens with one attached hydrogen (secondary N) is 1. The molecule has 3 N–H and O–H groups in total. The molecule has 0 aliphatic rings. The van der Waals surface area contributed by atoms with E-state index in [0.29, 0.717) is 21.3 Å². The maximum Gasteiger partial charge on any atom is 0.251 e. The zero-order valence-electron chi connectivity index (χ0n) is 10.8. The molecule has 3 nitrogen and oxygen atoms in total. The predicted octanol–water partition coefficient (Wildman–Crippen LogP) is 3.88. The summed E-state index contributed by atoms with van der Waals surface area (Å²) in [5.41, 5.74) is 6.09. The molecule has 0 saturated carbocycles. The fourth-order valence-corrected chi connectivity index (χ4v) is 2.27. The van der Waals surface area contributed by atoms with Gasteiger partial charge in [0.05, 0.1) is 15.7 Å². The molecule has 0 saturated heterocycles. The van der Waals surface area contributed by atoms with Crippen LogP contribution in [0.1, 0.15) is 44.0 Å². The van der Waals surface area contributed by atoms with Crippen LogP contribution >= 0.6 is 23.2 Å². The summed E-state index contributed by atoms with van der Waals surface area (Å²) in [5.74, 6) is -0.197. The SMILES string of the molecule is CCCC(C)(C)NC(=O)c1cc(Cl)c(N)c(Cl)c1. The van der Waals surface area contributed by atoms with Gasteiger partial charge in [-0.15, -0.1) is 0 Å². The van der Waals surface area contributed by atoms with Crippen molar-refractivity contribution in [2.24, 2.45) is 0 Å². The molecule has 0 unspecified atom stereocenters. The predicted molar refractivity (Wildman–Crippen MR) is 77.3 cm³/mol. The van der Waals surface area contributed by atoms with E-state index in [4.69, 9.17) is 28.9 Å². The molecule has 100 valence electrons. The topological polar surface area (TPSA) is 55.1 Å². The van der Waals surface area contributed by atoms with Gasteiger partial charge >= 0.3 is 0 Å². The Morgan fingerprint density at radius 2 is 1.83 bits per heavy atom. The first-order valence-corrected chi connectivity index (χ1v) is 6.59. The van der Waals surface area contributed by atoms with Crippen LogP contribution in [0.2, 0.25) is 10.0 Å². The number of carbonyl (C=O) groups excluding carboxylic acids is 1. The smallest absolute Gasteiger partial charge is 0.251 e. The van der Waals surface area contributed by atoms with Crippen molar-refractivity contribution >= 4 is 34.8 Å². The quantitative estimate of drug-likeness (QED) is 0.826. The van der Waals surface area contributed by atoms with Gasteiger partial charge in [0.1, 0.15) is 0 Å². The number of rotatable bonds is 4. The lowest BCUT2D eigenvalue weighted by atomic mass is 9.98. The minimum absolute atomic E-state index is 0.197. The molecule has 0 aromatic heterocycles. The minimum Gasteiger partial charge on any atom is -0.396 e. The fourth-order valence-electron chi connectivity index (χ4n) is 1.78. The highest BCUT2D eigenvalue weighted by molar-refractivity contribution is 6.39. The van der Waals surface area contributed by atoms with Crippen LogP contribution in [0.4, 0.5) is 5.69 Å². The monoisotopic (exact) mass is 288 g/mol. The first-order valence-electron chi connectivity index (χ1n) is 5.84. The lowest BCUT2D eigenvalue weighted by Crippen LogP contribution is -2.43. The van der Waals surface area contributed by atoms with Crippen molar-refractivity contribution in [1.82, 2.24) is 5.32 Å². The van der Waals surface area contributed by atoms with Crippen LogP contribution < -0.4 is 11.1 Å². The van der Waals surface area contributed by atoms with Gasteiger partial charge in [0.15, 0.2) is 0 Å². The molecule has 0 aliphatic carbocycles. The van der Waals surface area contributed by atoms with Crippen LogP contribution in [0.5, 0.6) is 0 Å². The first-order chi connectivity index (χ1) is 8.26. The average molecular weight is 289 g/mol. The molecule has 1 aromatic carbocycles. The van der Waals surface area contributed by atoms with E-state index in [0.717, 1.165) is 12.8 Å². The maximum atomic E-state index is 12.1. The second kappa shape index (κ2) is 5.81. The van der Waals surface area contributed by atoms with E-state index in [1.165, 1.54) is 12.1 Å². The van der Waals surface area contributed by atoms with Crippen LogP contribution in [-0.4, -0.2) is 11.4 Å². The minimum atomic E-state index is -0.258. The summed E-state index contributed by atoms with van der Waals surface area (Å²) in [5, 5.41) is 3.54. The van der Waals surface area contributed by atoms with Crippen LogP contribution in [-0.2, 0) is 0 Å². The molecular formula is C13H18Cl2N2O. The number of hydrogen-bond donors (Lipinski definition) is 2. The first kappa shape index (κ1) is 15.1. The van der Waals surface area contributed by atoms with E-state index in [1.54, 1.807) is 0 Å². The van der Waals surface area contributed by atoms with Crippen LogP contribution in [0.15, 0.2) is 12.1 Å². The zero-order valence-corrected chi connectivity index (χ0v) is 12.3. The largest absolute Gasteiger partial charge is 0.396 e. The van der Waals surface area contributed by atoms with Gasteiger partial charge in [-0.2, -0.15) is 0 Å². The summed E-state index contributed by atoms with van der Waals surface area (Å²) in [6, 6.07) is 3.06. The van der Waals surface area contributed by atoms with Gasteiger partial charge < -0.3 is 11.1 Å². The van der Waals surface area contributed by atoms with Gasteiger partial charge in [-0.05, 0) is 32.4 Å². The summed E-state index contributed by atoms with van der Waals surface area (Å²) < 4.78 is 0. The summed E-state index contributed by atoms with van der Waals surface area (Å²) in [7, 11) is 0. The lowest BCUT2D eigenvalue weighted by molar-refractivity contribution is 0.0909. The number of amides is 1. The van der Waals surface area contributed by atoms with E-state index >= 15 is 0 Å². The van der Waals surface area contributed by atoms with Crippen LogP contribution in [0.25, 0.3) is 0 Å². The number of nitrogen functional groups attached to an aromatic ring is 1. The van der Waals surface area contributed by atoms with Crippen molar-refractivity contribution in [2.45, 2.75) is 39.2 Å². The van der Waals surface area contributed by atoms with E-state index in [9.17, 15) is 4.79 Å². The lowest BCUT2D eigenvalue weighted by Gasteiger charge is -2.26. The summed E-state index contributed by atoms with van der Waals surface area (Å²) >= 11 is 11.8. The molecule has 5 heteroatoms. The normalized spacial score (nSPS) is 11.4. The molecule has 1 amide bonds. The molecule has 0 heterocycles. The number of benzene rings is 1. The second-order valence-electron chi connectivity index (χ2n) is 4.94. The Morgan fingerprint density at radius 1 is 1.33 bits per heavy atom. The van der Waals surface area contributed by atoms with E-state index < -0.39 is 0 Å². The fraction of sp³-hybridized carbons (Fsp3) is 0.462. The van der Waals surface area contributed by atoms with Gasteiger partial charge in [0.2, 0.25) is 0 Å². The Kier molecular flexibility index (Phi) is 4.88. The Morgan fingerprint density at radius 3 is 2.28 bits per heavy atom. The Balaban J connectivity index is 2.92. The van der Waals surface area contributed by atoms with E-state index in [2.05, 4.69) is 12.2 Å². The number of carbonyl (C=O) groups is 1. The number of halogens is 2. The third-order valence-electron chi connectivity index (χ3n) is 2.67. The van der Waals surface area contributed by atoms with Gasteiger partial charge in [0, 0.05) is 11.1 Å². The van der Waals surface area contributed by atoms with Crippen molar-refractivity contribution in [1.29, 1.82) is 0 Å². The van der Waals surface area contributed by atoms with E-state index in [1.807, 2.05) is 13.8 Å². The standard InChI is InChI=1S/C13H18Cl2N2O/c1-4-5-13(2,3)17-12(18)8-6-9(14)11(16)10(15)7-8/h6-7H,4-5,16H2,1-3H3,(H,17,18). The molecule has 0 fully saturated rings. The van der Waals surface area contributed by atoms with Crippen LogP contribution in [0, 0.1) is 0 Å². The van der Waals surface area contributed by atoms with Crippen molar-refractivity contribution < 1.29 is 4.79 Å². The Labute approximate surface area is 118 Å². The Bertz CT molecular complexity index is 435. The van der Waals surface area contributed by atoms with Crippen molar-refractivity contribution in [3.05, 3.63) is 27.7 Å². The van der Waals surface area contributed by atoms with E-state index in [-0.39, 0.29) is 11.4 Å². The van der Waals surface area contributed by atoms with Gasteiger partial charge in [-0.25, -0.2) is 0 Å². The molecule has 0 atom stereocenters. The zero-order chi connectivity index (χ0) is 13.9. The highest BCUT2D eigenvalue weighted by Crippen LogP contribution is 2.29. The third kappa shape index (κ3) is 3.79. The van der Waals surface area contributed by atoms with Crippen molar-refractivity contribution in [3.8, 4) is 0 Å². The number of anilines is 1. The molecule has 1 rings (SSSR count). The highest BCUT2D eigenvalue weighted by Gasteiger charge is 2.21.